The Morgan fingerprint density at radius 1 is 1.40 bits per heavy atom. The highest BCUT2D eigenvalue weighted by Gasteiger charge is 2.24. The molecule has 0 spiro atoms. The molecule has 0 unspecified atom stereocenters. The van der Waals surface area contributed by atoms with Crippen LogP contribution in [0.15, 0.2) is 10.9 Å². The molecule has 0 radical (unpaired) electrons. The van der Waals surface area contributed by atoms with Crippen LogP contribution in [0.1, 0.15) is 26.3 Å². The largest absolute Gasteiger partial charge is 0.288 e. The van der Waals surface area contributed by atoms with Gasteiger partial charge in [0, 0.05) is 16.1 Å². The highest BCUT2D eigenvalue weighted by atomic mass is 35.5. The van der Waals surface area contributed by atoms with Crippen LogP contribution < -0.4 is 5.43 Å². The number of halogens is 1. The van der Waals surface area contributed by atoms with E-state index in [-0.39, 0.29) is 10.8 Å². The normalized spacial score (nSPS) is 12.3. The highest BCUT2D eigenvalue weighted by Crippen LogP contribution is 2.36. The summed E-state index contributed by atoms with van der Waals surface area (Å²) in [6.07, 6.45) is 0. The fourth-order valence-corrected chi connectivity index (χ4v) is 3.69. The van der Waals surface area contributed by atoms with E-state index in [0.29, 0.717) is 5.02 Å². The van der Waals surface area contributed by atoms with Gasteiger partial charge in [-0.2, -0.15) is 4.37 Å². The number of benzene rings is 1. The Balaban J connectivity index is 2.84. The molecule has 1 aliphatic heterocycles. The molecule has 0 N–H and O–H groups in total. The van der Waals surface area contributed by atoms with E-state index in [1.807, 2.05) is 26.8 Å². The Morgan fingerprint density at radius 2 is 2.07 bits per heavy atom. The maximum atomic E-state index is 12.0. The lowest BCUT2D eigenvalue weighted by atomic mass is 9.86. The molecule has 2 aliphatic rings. The molecule has 0 aromatic heterocycles. The Hall–Kier alpha value is -0.450. The number of fused-ring (bicyclic) bond motifs is 1. The van der Waals surface area contributed by atoms with Crippen molar-refractivity contribution in [1.82, 2.24) is 4.37 Å². The minimum atomic E-state index is -0.191. The third-order valence-corrected chi connectivity index (χ3v) is 4.57. The zero-order chi connectivity index (χ0) is 11.2. The Labute approximate surface area is 100 Å². The van der Waals surface area contributed by atoms with Gasteiger partial charge in [-0.15, -0.1) is 0 Å². The number of aromatic nitrogens is 1. The fraction of sp³-hybridized carbons (Fsp3) is 0.400. The lowest BCUT2D eigenvalue weighted by molar-refractivity contribution is 0.585. The van der Waals surface area contributed by atoms with Crippen molar-refractivity contribution >= 4 is 32.5 Å². The molecule has 0 aromatic rings. The summed E-state index contributed by atoms with van der Waals surface area (Å²) < 4.78 is 4.23. The third-order valence-electron chi connectivity index (χ3n) is 2.22. The molecule has 0 bridgehead atoms. The van der Waals surface area contributed by atoms with Crippen LogP contribution in [0.25, 0.3) is 10.6 Å². The van der Waals surface area contributed by atoms with Crippen LogP contribution in [0.2, 0.25) is 5.02 Å². The van der Waals surface area contributed by atoms with Gasteiger partial charge in [-0.05, 0) is 11.5 Å². The molecular formula is C10H10ClNOS2. The van der Waals surface area contributed by atoms with Gasteiger partial charge in [0.2, 0.25) is 5.43 Å². The average molecular weight is 260 g/mol. The van der Waals surface area contributed by atoms with Gasteiger partial charge < -0.3 is 0 Å². The number of hydrogen-bond donors (Lipinski definition) is 0. The molecule has 2 rings (SSSR count). The first-order valence-electron chi connectivity index (χ1n) is 4.50. The SMILES string of the molecule is CC(C)(C)c1cc2nssc-2c(Cl)c1=O. The monoisotopic (exact) mass is 259 g/mol. The molecule has 0 fully saturated rings. The molecule has 15 heavy (non-hydrogen) atoms. The van der Waals surface area contributed by atoms with Crippen molar-refractivity contribution in [2.45, 2.75) is 26.2 Å². The van der Waals surface area contributed by atoms with Gasteiger partial charge in [0.1, 0.15) is 5.02 Å². The minimum Gasteiger partial charge on any atom is -0.288 e. The van der Waals surface area contributed by atoms with Gasteiger partial charge in [-0.25, -0.2) is 0 Å². The molecule has 1 heterocycles. The lowest BCUT2D eigenvalue weighted by Gasteiger charge is -2.18. The quantitative estimate of drug-likeness (QED) is 0.677. The van der Waals surface area contributed by atoms with Crippen molar-refractivity contribution < 1.29 is 0 Å². The molecule has 0 atom stereocenters. The van der Waals surface area contributed by atoms with Crippen LogP contribution in [-0.2, 0) is 5.41 Å². The second kappa shape index (κ2) is 3.54. The Bertz CT molecular complexity index is 523. The molecular weight excluding hydrogens is 250 g/mol. The predicted octanol–water partition coefficient (Wildman–Crippen LogP) is 3.62. The topological polar surface area (TPSA) is 30.0 Å². The van der Waals surface area contributed by atoms with Crippen LogP contribution in [-0.4, -0.2) is 4.37 Å². The first-order chi connectivity index (χ1) is 6.91. The first kappa shape index (κ1) is 11.0. The van der Waals surface area contributed by atoms with Gasteiger partial charge in [0.25, 0.3) is 0 Å². The number of rotatable bonds is 0. The van der Waals surface area contributed by atoms with Crippen molar-refractivity contribution in [3.63, 3.8) is 0 Å². The molecule has 5 heteroatoms. The molecule has 2 nitrogen and oxygen atoms in total. The van der Waals surface area contributed by atoms with Gasteiger partial charge in [-0.3, -0.25) is 4.79 Å². The van der Waals surface area contributed by atoms with Gasteiger partial charge >= 0.3 is 0 Å². The standard InChI is InChI=1S/C10H10ClNOS2/c1-10(2,3)5-4-6-9(14-15-12-6)7(11)8(5)13/h4H,1-3H3. The maximum absolute atomic E-state index is 12.0. The van der Waals surface area contributed by atoms with Crippen LogP contribution in [0.3, 0.4) is 0 Å². The van der Waals surface area contributed by atoms with Gasteiger partial charge in [0.05, 0.1) is 10.6 Å². The molecule has 1 aliphatic carbocycles. The van der Waals surface area contributed by atoms with Crippen molar-refractivity contribution in [3.8, 4) is 10.6 Å². The number of nitrogens with zero attached hydrogens (tertiary/aromatic N) is 1. The molecule has 0 aromatic carbocycles. The summed E-state index contributed by atoms with van der Waals surface area (Å²) in [5.74, 6) is 0. The predicted molar refractivity (Wildman–Crippen MR) is 66.6 cm³/mol. The summed E-state index contributed by atoms with van der Waals surface area (Å²) in [5.41, 5.74) is 1.31. The Kier molecular flexibility index (Phi) is 2.61. The summed E-state index contributed by atoms with van der Waals surface area (Å²) in [6.45, 7) is 6.01. The Morgan fingerprint density at radius 3 is 2.67 bits per heavy atom. The van der Waals surface area contributed by atoms with Crippen molar-refractivity contribution in [2.24, 2.45) is 0 Å². The van der Waals surface area contributed by atoms with E-state index in [4.69, 9.17) is 11.6 Å². The zero-order valence-corrected chi connectivity index (χ0v) is 11.0. The fourth-order valence-electron chi connectivity index (χ4n) is 1.40. The molecule has 0 saturated carbocycles. The summed E-state index contributed by atoms with van der Waals surface area (Å²) in [4.78, 5) is 12.8. The van der Waals surface area contributed by atoms with Gasteiger partial charge in [0.15, 0.2) is 0 Å². The maximum Gasteiger partial charge on any atom is 0.202 e. The summed E-state index contributed by atoms with van der Waals surface area (Å²) in [7, 11) is 2.81. The van der Waals surface area contributed by atoms with Crippen LogP contribution in [0.4, 0.5) is 0 Å². The second-order valence-corrected chi connectivity index (χ2v) is 6.65. The van der Waals surface area contributed by atoms with Crippen molar-refractivity contribution in [1.29, 1.82) is 0 Å². The molecule has 0 saturated heterocycles. The third kappa shape index (κ3) is 1.82. The first-order valence-corrected chi connectivity index (χ1v) is 6.98. The number of hydrogen-bond acceptors (Lipinski definition) is 4. The van der Waals surface area contributed by atoms with E-state index in [0.717, 1.165) is 16.1 Å². The summed E-state index contributed by atoms with van der Waals surface area (Å²) in [5, 5.41) is 0.316. The van der Waals surface area contributed by atoms with Crippen LogP contribution in [0.5, 0.6) is 0 Å². The van der Waals surface area contributed by atoms with Crippen LogP contribution >= 0.6 is 32.5 Å². The molecule has 0 amide bonds. The minimum absolute atomic E-state index is 0.0619. The molecule has 80 valence electrons. The van der Waals surface area contributed by atoms with E-state index >= 15 is 0 Å². The van der Waals surface area contributed by atoms with E-state index in [1.54, 1.807) is 0 Å². The van der Waals surface area contributed by atoms with E-state index < -0.39 is 0 Å². The van der Waals surface area contributed by atoms with E-state index in [1.165, 1.54) is 20.9 Å². The second-order valence-electron chi connectivity index (χ2n) is 4.41. The smallest absolute Gasteiger partial charge is 0.202 e. The zero-order valence-electron chi connectivity index (χ0n) is 8.63. The van der Waals surface area contributed by atoms with E-state index in [2.05, 4.69) is 4.37 Å². The average Bonchev–Trinajstić information content (AvgIpc) is 2.57. The van der Waals surface area contributed by atoms with Crippen molar-refractivity contribution in [3.05, 3.63) is 26.9 Å². The summed E-state index contributed by atoms with van der Waals surface area (Å²) >= 11 is 6.04. The van der Waals surface area contributed by atoms with Crippen molar-refractivity contribution in [2.75, 3.05) is 0 Å². The highest BCUT2D eigenvalue weighted by molar-refractivity contribution is 7.68. The summed E-state index contributed by atoms with van der Waals surface area (Å²) in [6, 6.07) is 1.86. The lowest BCUT2D eigenvalue weighted by Crippen LogP contribution is -2.23. The van der Waals surface area contributed by atoms with Gasteiger partial charge in [-0.1, -0.05) is 42.7 Å². The van der Waals surface area contributed by atoms with E-state index in [9.17, 15) is 4.79 Å². The van der Waals surface area contributed by atoms with Crippen LogP contribution in [0, 0.1) is 0 Å².